The summed E-state index contributed by atoms with van der Waals surface area (Å²) in [5, 5.41) is 0. The molecule has 17 heavy (non-hydrogen) atoms. The van der Waals surface area contributed by atoms with Crippen LogP contribution in [0.2, 0.25) is 0 Å². The maximum Gasteiger partial charge on any atom is 0.100 e. The van der Waals surface area contributed by atoms with Crippen molar-refractivity contribution in [2.75, 3.05) is 13.1 Å². The van der Waals surface area contributed by atoms with E-state index in [0.717, 1.165) is 0 Å². The van der Waals surface area contributed by atoms with Crippen molar-refractivity contribution in [2.45, 2.75) is 71.9 Å². The Balaban J connectivity index is 2.22. The summed E-state index contributed by atoms with van der Waals surface area (Å²) < 4.78 is 0. The number of hydrogen-bond donors (Lipinski definition) is 0. The zero-order valence-electron chi connectivity index (χ0n) is 12.0. The van der Waals surface area contributed by atoms with Crippen LogP contribution >= 0.6 is 0 Å². The Bertz CT molecular complexity index is 213. The normalized spacial score (nSPS) is 19.4. The second-order valence-electron chi connectivity index (χ2n) is 5.08. The van der Waals surface area contributed by atoms with Crippen molar-refractivity contribution in [3.05, 3.63) is 12.4 Å². The summed E-state index contributed by atoms with van der Waals surface area (Å²) in [6, 6.07) is 0. The van der Waals surface area contributed by atoms with Gasteiger partial charge in [-0.25, -0.2) is 0 Å². The molecule has 0 fully saturated rings. The Labute approximate surface area is 108 Å². The lowest BCUT2D eigenvalue weighted by molar-refractivity contribution is 0.146. The molecular formula is C15H30N2. The summed E-state index contributed by atoms with van der Waals surface area (Å²) >= 11 is 0. The van der Waals surface area contributed by atoms with Gasteiger partial charge in [-0.3, -0.25) is 0 Å². The molecule has 0 aromatic heterocycles. The SMILES string of the molecule is CCCCCCCN1C=CN(CCC)C1CC. The second-order valence-corrected chi connectivity index (χ2v) is 5.08. The van der Waals surface area contributed by atoms with E-state index >= 15 is 0 Å². The second kappa shape index (κ2) is 8.43. The molecule has 0 spiro atoms. The van der Waals surface area contributed by atoms with Crippen LogP contribution in [0.1, 0.15) is 65.7 Å². The Morgan fingerprint density at radius 1 is 0.765 bits per heavy atom. The molecule has 100 valence electrons. The molecule has 2 heteroatoms. The summed E-state index contributed by atoms with van der Waals surface area (Å²) in [4.78, 5) is 5.02. The van der Waals surface area contributed by atoms with E-state index in [0.29, 0.717) is 6.17 Å². The van der Waals surface area contributed by atoms with Gasteiger partial charge in [-0.1, -0.05) is 46.5 Å². The molecule has 0 N–H and O–H groups in total. The van der Waals surface area contributed by atoms with E-state index in [1.54, 1.807) is 0 Å². The lowest BCUT2D eigenvalue weighted by Crippen LogP contribution is -2.38. The Hall–Kier alpha value is -0.660. The van der Waals surface area contributed by atoms with E-state index in [-0.39, 0.29) is 0 Å². The first-order chi connectivity index (χ1) is 8.33. The van der Waals surface area contributed by atoms with Gasteiger partial charge in [0.1, 0.15) is 6.17 Å². The van der Waals surface area contributed by atoms with Crippen molar-refractivity contribution in [3.63, 3.8) is 0 Å². The molecule has 1 rings (SSSR count). The standard InChI is InChI=1S/C15H30N2/c1-4-7-8-9-10-12-17-14-13-16(11-5-2)15(17)6-3/h13-15H,4-12H2,1-3H3. The predicted octanol–water partition coefficient (Wildman–Crippen LogP) is 4.19. The van der Waals surface area contributed by atoms with Gasteiger partial charge < -0.3 is 9.80 Å². The van der Waals surface area contributed by atoms with E-state index in [1.807, 2.05) is 0 Å². The zero-order chi connectivity index (χ0) is 12.5. The molecule has 1 aliphatic rings. The molecule has 0 aromatic carbocycles. The molecule has 1 aliphatic heterocycles. The quantitative estimate of drug-likeness (QED) is 0.556. The highest BCUT2D eigenvalue weighted by Gasteiger charge is 2.22. The van der Waals surface area contributed by atoms with Crippen molar-refractivity contribution in [3.8, 4) is 0 Å². The number of hydrogen-bond acceptors (Lipinski definition) is 2. The predicted molar refractivity (Wildman–Crippen MR) is 75.7 cm³/mol. The molecule has 2 nitrogen and oxygen atoms in total. The van der Waals surface area contributed by atoms with Gasteiger partial charge in [0.15, 0.2) is 0 Å². The minimum absolute atomic E-state index is 0.626. The van der Waals surface area contributed by atoms with Gasteiger partial charge in [0.05, 0.1) is 0 Å². The first-order valence-electron chi connectivity index (χ1n) is 7.53. The van der Waals surface area contributed by atoms with Crippen LogP contribution in [0.4, 0.5) is 0 Å². The maximum absolute atomic E-state index is 2.53. The fourth-order valence-corrected chi connectivity index (χ4v) is 2.63. The highest BCUT2D eigenvalue weighted by molar-refractivity contribution is 4.96. The number of rotatable bonds is 9. The van der Waals surface area contributed by atoms with Gasteiger partial charge in [0.25, 0.3) is 0 Å². The average Bonchev–Trinajstić information content (AvgIpc) is 2.72. The van der Waals surface area contributed by atoms with Crippen LogP contribution in [0, 0.1) is 0 Å². The molecule has 0 radical (unpaired) electrons. The summed E-state index contributed by atoms with van der Waals surface area (Å²) in [5.41, 5.74) is 0. The summed E-state index contributed by atoms with van der Waals surface area (Å²) in [6.45, 7) is 9.26. The minimum Gasteiger partial charge on any atom is -0.356 e. The third-order valence-electron chi connectivity index (χ3n) is 3.58. The Morgan fingerprint density at radius 3 is 2.00 bits per heavy atom. The molecule has 0 bridgehead atoms. The van der Waals surface area contributed by atoms with Gasteiger partial charge in [0.2, 0.25) is 0 Å². The molecule has 1 unspecified atom stereocenters. The van der Waals surface area contributed by atoms with E-state index < -0.39 is 0 Å². The van der Waals surface area contributed by atoms with Crippen LogP contribution in [-0.2, 0) is 0 Å². The van der Waals surface area contributed by atoms with Crippen molar-refractivity contribution in [1.29, 1.82) is 0 Å². The summed E-state index contributed by atoms with van der Waals surface area (Å²) in [7, 11) is 0. The molecule has 0 aromatic rings. The smallest absolute Gasteiger partial charge is 0.100 e. The van der Waals surface area contributed by atoms with Crippen LogP contribution in [0.3, 0.4) is 0 Å². The van der Waals surface area contributed by atoms with Crippen molar-refractivity contribution in [1.82, 2.24) is 9.80 Å². The van der Waals surface area contributed by atoms with Gasteiger partial charge in [0, 0.05) is 25.5 Å². The van der Waals surface area contributed by atoms with Gasteiger partial charge in [-0.05, 0) is 19.3 Å². The van der Waals surface area contributed by atoms with E-state index in [4.69, 9.17) is 0 Å². The Morgan fingerprint density at radius 2 is 1.41 bits per heavy atom. The van der Waals surface area contributed by atoms with Crippen molar-refractivity contribution in [2.24, 2.45) is 0 Å². The average molecular weight is 238 g/mol. The fourth-order valence-electron chi connectivity index (χ4n) is 2.63. The van der Waals surface area contributed by atoms with Gasteiger partial charge in [-0.2, -0.15) is 0 Å². The summed E-state index contributed by atoms with van der Waals surface area (Å²) in [5.74, 6) is 0. The molecule has 1 heterocycles. The summed E-state index contributed by atoms with van der Waals surface area (Å²) in [6.07, 6.45) is 14.6. The van der Waals surface area contributed by atoms with Gasteiger partial charge >= 0.3 is 0 Å². The molecule has 1 atom stereocenters. The van der Waals surface area contributed by atoms with Crippen LogP contribution < -0.4 is 0 Å². The molecule has 0 saturated carbocycles. The van der Waals surface area contributed by atoms with Gasteiger partial charge in [-0.15, -0.1) is 0 Å². The minimum atomic E-state index is 0.626. The number of unbranched alkanes of at least 4 members (excludes halogenated alkanes) is 4. The first kappa shape index (κ1) is 14.4. The van der Waals surface area contributed by atoms with Crippen LogP contribution in [0.15, 0.2) is 12.4 Å². The third kappa shape index (κ3) is 4.61. The maximum atomic E-state index is 2.53. The first-order valence-corrected chi connectivity index (χ1v) is 7.53. The molecule has 0 amide bonds. The molecular weight excluding hydrogens is 208 g/mol. The van der Waals surface area contributed by atoms with E-state index in [2.05, 4.69) is 43.0 Å². The Kier molecular flexibility index (Phi) is 7.14. The highest BCUT2D eigenvalue weighted by Crippen LogP contribution is 2.19. The lowest BCUT2D eigenvalue weighted by atomic mass is 10.1. The zero-order valence-corrected chi connectivity index (χ0v) is 12.0. The van der Waals surface area contributed by atoms with Crippen LogP contribution in [0.5, 0.6) is 0 Å². The van der Waals surface area contributed by atoms with Crippen molar-refractivity contribution >= 4 is 0 Å². The topological polar surface area (TPSA) is 6.48 Å². The largest absolute Gasteiger partial charge is 0.356 e. The van der Waals surface area contributed by atoms with Crippen molar-refractivity contribution < 1.29 is 0 Å². The van der Waals surface area contributed by atoms with E-state index in [1.165, 1.54) is 58.0 Å². The third-order valence-corrected chi connectivity index (χ3v) is 3.58. The highest BCUT2D eigenvalue weighted by atomic mass is 15.4. The van der Waals surface area contributed by atoms with E-state index in [9.17, 15) is 0 Å². The monoisotopic (exact) mass is 238 g/mol. The number of nitrogens with zero attached hydrogens (tertiary/aromatic N) is 2. The molecule has 0 aliphatic carbocycles. The van der Waals surface area contributed by atoms with Crippen LogP contribution in [-0.4, -0.2) is 29.1 Å². The fraction of sp³-hybridized carbons (Fsp3) is 0.867. The lowest BCUT2D eigenvalue weighted by Gasteiger charge is -2.32. The molecule has 0 saturated heterocycles. The van der Waals surface area contributed by atoms with Crippen LogP contribution in [0.25, 0.3) is 0 Å².